The molecule has 116 valence electrons. The van der Waals surface area contributed by atoms with Crippen LogP contribution in [0.15, 0.2) is 85.5 Å². The van der Waals surface area contributed by atoms with E-state index in [1.165, 1.54) is 0 Å². The lowest BCUT2D eigenvalue weighted by Gasteiger charge is -2.25. The molecule has 1 aromatic carbocycles. The van der Waals surface area contributed by atoms with E-state index >= 15 is 0 Å². The van der Waals surface area contributed by atoms with Crippen LogP contribution in [0.1, 0.15) is 11.1 Å². The van der Waals surface area contributed by atoms with E-state index in [0.717, 1.165) is 22.0 Å². The Kier molecular flexibility index (Phi) is 4.50. The van der Waals surface area contributed by atoms with Gasteiger partial charge in [-0.3, -0.25) is 0 Å². The zero-order valence-corrected chi connectivity index (χ0v) is 14.1. The van der Waals surface area contributed by atoms with E-state index in [4.69, 9.17) is 0 Å². The predicted molar refractivity (Wildman–Crippen MR) is 102 cm³/mol. The molecule has 23 heavy (non-hydrogen) atoms. The summed E-state index contributed by atoms with van der Waals surface area (Å²) < 4.78 is 13.9. The molecule has 1 aromatic rings. The Morgan fingerprint density at radius 1 is 1.00 bits per heavy atom. The van der Waals surface area contributed by atoms with Crippen molar-refractivity contribution in [3.63, 3.8) is 0 Å². The molecule has 0 amide bonds. The highest BCUT2D eigenvalue weighted by Crippen LogP contribution is 2.62. The van der Waals surface area contributed by atoms with Crippen LogP contribution >= 0.6 is 7.14 Å². The molecular formula is C21H21OP. The fraction of sp³-hybridized carbons (Fsp3) is 0.143. The van der Waals surface area contributed by atoms with Gasteiger partial charge in [-0.2, -0.15) is 0 Å². The monoisotopic (exact) mass is 320 g/mol. The zero-order valence-electron chi connectivity index (χ0n) is 13.2. The van der Waals surface area contributed by atoms with E-state index in [2.05, 4.69) is 55.7 Å². The van der Waals surface area contributed by atoms with Gasteiger partial charge in [0.1, 0.15) is 7.14 Å². The third-order valence-electron chi connectivity index (χ3n) is 4.29. The fourth-order valence-corrected chi connectivity index (χ4v) is 6.00. The molecule has 0 fully saturated rings. The van der Waals surface area contributed by atoms with Gasteiger partial charge in [0.2, 0.25) is 0 Å². The number of hydrogen-bond donors (Lipinski definition) is 0. The van der Waals surface area contributed by atoms with Crippen LogP contribution in [-0.4, -0.2) is 12.3 Å². The van der Waals surface area contributed by atoms with Gasteiger partial charge in [-0.05, 0) is 16.7 Å². The summed E-state index contributed by atoms with van der Waals surface area (Å²) in [6.45, 7) is 7.66. The lowest BCUT2D eigenvalue weighted by molar-refractivity contribution is 0.585. The number of allylic oxidation sites excluding steroid dienone is 8. The summed E-state index contributed by atoms with van der Waals surface area (Å²) in [5.74, 6) is 0.172. The Balaban J connectivity index is 2.32. The molecule has 0 saturated heterocycles. The molecule has 0 bridgehead atoms. The molecule has 0 radical (unpaired) electrons. The average Bonchev–Trinajstić information content (AvgIpc) is 2.72. The molecule has 0 aromatic heterocycles. The Morgan fingerprint density at radius 3 is 2.48 bits per heavy atom. The predicted octanol–water partition coefficient (Wildman–Crippen LogP) is 5.90. The van der Waals surface area contributed by atoms with E-state index < -0.39 is 7.14 Å². The molecule has 1 nitrogen and oxygen atoms in total. The van der Waals surface area contributed by atoms with Gasteiger partial charge < -0.3 is 4.57 Å². The average molecular weight is 320 g/mol. The summed E-state index contributed by atoms with van der Waals surface area (Å²) in [6.07, 6.45) is 17.2. The smallest absolute Gasteiger partial charge is 0.123 e. The van der Waals surface area contributed by atoms with Crippen LogP contribution in [0.25, 0.3) is 11.4 Å². The molecule has 2 heteroatoms. The lowest BCUT2D eigenvalue weighted by atomic mass is 9.94. The van der Waals surface area contributed by atoms with Crippen molar-refractivity contribution >= 4 is 18.5 Å². The van der Waals surface area contributed by atoms with Crippen LogP contribution < -0.4 is 0 Å². The first-order valence-corrected chi connectivity index (χ1v) is 9.94. The third kappa shape index (κ3) is 2.90. The number of rotatable bonds is 5. The summed E-state index contributed by atoms with van der Waals surface area (Å²) in [7, 11) is -2.63. The summed E-state index contributed by atoms with van der Waals surface area (Å²) in [5, 5.41) is 0.989. The molecule has 0 aliphatic heterocycles. The second kappa shape index (κ2) is 6.56. The van der Waals surface area contributed by atoms with Crippen LogP contribution in [0.3, 0.4) is 0 Å². The van der Waals surface area contributed by atoms with Crippen molar-refractivity contribution in [2.45, 2.75) is 0 Å². The van der Waals surface area contributed by atoms with Gasteiger partial charge in [-0.25, -0.2) is 0 Å². The van der Waals surface area contributed by atoms with Crippen molar-refractivity contribution in [1.82, 2.24) is 0 Å². The largest absolute Gasteiger partial charge is 0.318 e. The first kappa shape index (κ1) is 15.8. The maximum atomic E-state index is 13.9. The molecule has 0 spiro atoms. The summed E-state index contributed by atoms with van der Waals surface area (Å²) >= 11 is 0. The molecular weight excluding hydrogens is 299 g/mol. The minimum atomic E-state index is -2.63. The third-order valence-corrected chi connectivity index (χ3v) is 7.30. The van der Waals surface area contributed by atoms with E-state index in [-0.39, 0.29) is 5.92 Å². The SMILES string of the molecule is C=CCP(=O)(CC=C)C1=C2C=CC=CC2C=Cc2ccccc21. The topological polar surface area (TPSA) is 17.1 Å². The maximum Gasteiger partial charge on any atom is 0.123 e. The fourth-order valence-electron chi connectivity index (χ4n) is 3.31. The molecule has 2 aliphatic rings. The summed E-state index contributed by atoms with van der Waals surface area (Å²) in [5.41, 5.74) is 3.34. The number of fused-ring (bicyclic) bond motifs is 2. The van der Waals surface area contributed by atoms with Gasteiger partial charge in [-0.15, -0.1) is 13.2 Å². The first-order chi connectivity index (χ1) is 11.2. The van der Waals surface area contributed by atoms with Crippen molar-refractivity contribution < 1.29 is 4.57 Å². The second-order valence-corrected chi connectivity index (χ2v) is 8.81. The molecule has 0 saturated carbocycles. The number of hydrogen-bond acceptors (Lipinski definition) is 1. The molecule has 0 heterocycles. The van der Waals surface area contributed by atoms with Gasteiger partial charge >= 0.3 is 0 Å². The van der Waals surface area contributed by atoms with Gasteiger partial charge in [0, 0.05) is 23.6 Å². The van der Waals surface area contributed by atoms with E-state index in [1.54, 1.807) is 12.2 Å². The van der Waals surface area contributed by atoms with Gasteiger partial charge in [0.15, 0.2) is 0 Å². The summed E-state index contributed by atoms with van der Waals surface area (Å²) in [6, 6.07) is 8.21. The Hall–Kier alpha value is -2.11. The number of benzene rings is 1. The van der Waals surface area contributed by atoms with Gasteiger partial charge in [0.25, 0.3) is 0 Å². The van der Waals surface area contributed by atoms with Gasteiger partial charge in [-0.1, -0.05) is 72.9 Å². The Labute approximate surface area is 138 Å². The van der Waals surface area contributed by atoms with Crippen molar-refractivity contribution in [1.29, 1.82) is 0 Å². The van der Waals surface area contributed by atoms with Crippen molar-refractivity contribution in [2.24, 2.45) is 5.92 Å². The quantitative estimate of drug-likeness (QED) is 0.487. The molecule has 3 rings (SSSR count). The van der Waals surface area contributed by atoms with Crippen molar-refractivity contribution in [2.75, 3.05) is 12.3 Å². The standard InChI is InChI=1S/C21H21OP/c1-3-15-23(22,16-4-2)21-19-11-7-5-9-17(19)13-14-18-10-6-8-12-20(18)21/h3-14,17H,1-2,15-16H2. The first-order valence-electron chi connectivity index (χ1n) is 7.87. The minimum absolute atomic E-state index is 0.172. The molecule has 1 unspecified atom stereocenters. The second-order valence-electron chi connectivity index (χ2n) is 5.85. The van der Waals surface area contributed by atoms with Gasteiger partial charge in [0.05, 0.1) is 0 Å². The highest BCUT2D eigenvalue weighted by Gasteiger charge is 2.32. The minimum Gasteiger partial charge on any atom is -0.318 e. The molecule has 0 N–H and O–H groups in total. The van der Waals surface area contributed by atoms with Crippen molar-refractivity contribution in [3.05, 3.63) is 96.7 Å². The van der Waals surface area contributed by atoms with Crippen LogP contribution in [0.5, 0.6) is 0 Å². The van der Waals surface area contributed by atoms with E-state index in [9.17, 15) is 4.57 Å². The highest BCUT2D eigenvalue weighted by atomic mass is 31.2. The van der Waals surface area contributed by atoms with Crippen LogP contribution in [0.2, 0.25) is 0 Å². The van der Waals surface area contributed by atoms with Crippen molar-refractivity contribution in [3.8, 4) is 0 Å². The van der Waals surface area contributed by atoms with E-state index in [1.807, 2.05) is 18.2 Å². The summed E-state index contributed by atoms with van der Waals surface area (Å²) in [4.78, 5) is 0. The van der Waals surface area contributed by atoms with Crippen LogP contribution in [-0.2, 0) is 4.57 Å². The molecule has 2 aliphatic carbocycles. The maximum absolute atomic E-state index is 13.9. The van der Waals surface area contributed by atoms with Crippen LogP contribution in [0.4, 0.5) is 0 Å². The zero-order chi connectivity index (χ0) is 16.3. The molecule has 1 atom stereocenters. The van der Waals surface area contributed by atoms with Crippen LogP contribution in [0, 0.1) is 5.92 Å². The lowest BCUT2D eigenvalue weighted by Crippen LogP contribution is -2.04. The Bertz CT molecular complexity index is 791. The van der Waals surface area contributed by atoms with E-state index in [0.29, 0.717) is 12.3 Å². The Morgan fingerprint density at radius 2 is 1.74 bits per heavy atom. The normalized spacial score (nSPS) is 19.0. The highest BCUT2D eigenvalue weighted by molar-refractivity contribution is 7.74.